The van der Waals surface area contributed by atoms with Crippen molar-refractivity contribution in [2.75, 3.05) is 7.11 Å². The van der Waals surface area contributed by atoms with Crippen molar-refractivity contribution in [2.24, 2.45) is 0 Å². The summed E-state index contributed by atoms with van der Waals surface area (Å²) in [5.74, 6) is 1.08. The second-order valence-corrected chi connectivity index (χ2v) is 2.58. The highest BCUT2D eigenvalue weighted by molar-refractivity contribution is 5.28. The van der Waals surface area contributed by atoms with Crippen molar-refractivity contribution in [3.05, 3.63) is 23.0 Å². The Labute approximate surface area is 69.8 Å². The predicted molar refractivity (Wildman–Crippen MR) is 49.4 cm³/mol. The number of rotatable bonds is 3. The largest absolute Gasteiger partial charge is 0.501 e. The lowest BCUT2D eigenvalue weighted by Gasteiger charge is -2.08. The van der Waals surface area contributed by atoms with Gasteiger partial charge in [-0.2, -0.15) is 0 Å². The summed E-state index contributed by atoms with van der Waals surface area (Å²) in [7, 11) is 1.73. The molecule has 0 radical (unpaired) electrons. The lowest BCUT2D eigenvalue weighted by molar-refractivity contribution is 0.276. The first-order chi connectivity index (χ1) is 5.17. The van der Waals surface area contributed by atoms with E-state index in [-0.39, 0.29) is 0 Å². The van der Waals surface area contributed by atoms with Crippen LogP contribution < -0.4 is 0 Å². The number of ether oxygens (including phenoxy) is 1. The van der Waals surface area contributed by atoms with Gasteiger partial charge in [0.25, 0.3) is 0 Å². The van der Waals surface area contributed by atoms with Crippen LogP contribution in [0.15, 0.2) is 23.0 Å². The van der Waals surface area contributed by atoms with E-state index in [1.54, 1.807) is 7.11 Å². The van der Waals surface area contributed by atoms with Crippen LogP contribution in [0.5, 0.6) is 0 Å². The third kappa shape index (κ3) is 2.79. The molecule has 11 heavy (non-hydrogen) atoms. The zero-order valence-corrected chi connectivity index (χ0v) is 8.19. The van der Waals surface area contributed by atoms with Crippen molar-refractivity contribution in [1.29, 1.82) is 0 Å². The minimum Gasteiger partial charge on any atom is -0.501 e. The molecule has 0 fully saturated rings. The van der Waals surface area contributed by atoms with Crippen molar-refractivity contribution in [3.8, 4) is 0 Å². The molecule has 1 nitrogen and oxygen atoms in total. The fourth-order valence-corrected chi connectivity index (χ4v) is 0.999. The third-order valence-electron chi connectivity index (χ3n) is 2.01. The van der Waals surface area contributed by atoms with Crippen LogP contribution in [0, 0.1) is 0 Å². The molecule has 1 heteroatoms. The van der Waals surface area contributed by atoms with Gasteiger partial charge in [-0.15, -0.1) is 0 Å². The van der Waals surface area contributed by atoms with Crippen molar-refractivity contribution in [2.45, 2.75) is 34.1 Å². The first-order valence-corrected chi connectivity index (χ1v) is 4.04. The van der Waals surface area contributed by atoms with Gasteiger partial charge in [-0.3, -0.25) is 0 Å². The zero-order chi connectivity index (χ0) is 8.85. The fraction of sp³-hybridized carbons (Fsp3) is 0.600. The van der Waals surface area contributed by atoms with Gasteiger partial charge in [0.2, 0.25) is 0 Å². The van der Waals surface area contributed by atoms with Gasteiger partial charge in [0.15, 0.2) is 0 Å². The fourth-order valence-electron chi connectivity index (χ4n) is 0.999. The number of methoxy groups -OCH3 is 1. The average molecular weight is 154 g/mol. The maximum Gasteiger partial charge on any atom is 0.0984 e. The number of hydrogen-bond donors (Lipinski definition) is 0. The Hall–Kier alpha value is -0.720. The van der Waals surface area contributed by atoms with Crippen LogP contribution in [0.2, 0.25) is 0 Å². The molecule has 0 saturated carbocycles. The average Bonchev–Trinajstić information content (AvgIpc) is 2.05. The summed E-state index contributed by atoms with van der Waals surface area (Å²) in [6.07, 6.45) is 3.07. The second kappa shape index (κ2) is 5.00. The Morgan fingerprint density at radius 3 is 2.18 bits per heavy atom. The molecule has 0 spiro atoms. The highest BCUT2D eigenvalue weighted by Gasteiger charge is 2.00. The van der Waals surface area contributed by atoms with Crippen molar-refractivity contribution in [1.82, 2.24) is 0 Å². The second-order valence-electron chi connectivity index (χ2n) is 2.58. The van der Waals surface area contributed by atoms with Gasteiger partial charge in [0.05, 0.1) is 12.9 Å². The highest BCUT2D eigenvalue weighted by Crippen LogP contribution is 2.16. The SMILES string of the molecule is C/C=C(C)\C(C)=C(\CC)OC. The molecule has 0 amide bonds. The first kappa shape index (κ1) is 10.3. The van der Waals surface area contributed by atoms with Gasteiger partial charge in [0, 0.05) is 6.42 Å². The van der Waals surface area contributed by atoms with Crippen LogP contribution in [-0.2, 0) is 4.74 Å². The van der Waals surface area contributed by atoms with Crippen LogP contribution in [0.1, 0.15) is 34.1 Å². The van der Waals surface area contributed by atoms with E-state index in [2.05, 4.69) is 26.8 Å². The van der Waals surface area contributed by atoms with Crippen LogP contribution in [0.3, 0.4) is 0 Å². The predicted octanol–water partition coefficient (Wildman–Crippen LogP) is 3.28. The molecule has 0 aromatic heterocycles. The van der Waals surface area contributed by atoms with E-state index in [0.717, 1.165) is 12.2 Å². The molecule has 0 aromatic carbocycles. The summed E-state index contributed by atoms with van der Waals surface area (Å²) in [6, 6.07) is 0. The molecular weight excluding hydrogens is 136 g/mol. The van der Waals surface area contributed by atoms with E-state index >= 15 is 0 Å². The summed E-state index contributed by atoms with van der Waals surface area (Å²) >= 11 is 0. The number of allylic oxidation sites excluding steroid dienone is 4. The Kier molecular flexibility index (Phi) is 4.67. The minimum atomic E-state index is 0.966. The van der Waals surface area contributed by atoms with Crippen molar-refractivity contribution < 1.29 is 4.74 Å². The lowest BCUT2D eigenvalue weighted by Crippen LogP contribution is -1.91. The molecule has 0 saturated heterocycles. The molecule has 0 aliphatic heterocycles. The van der Waals surface area contributed by atoms with Gasteiger partial charge in [-0.25, -0.2) is 0 Å². The van der Waals surface area contributed by atoms with Gasteiger partial charge >= 0.3 is 0 Å². The molecule has 64 valence electrons. The quantitative estimate of drug-likeness (QED) is 0.447. The third-order valence-corrected chi connectivity index (χ3v) is 2.01. The van der Waals surface area contributed by atoms with Gasteiger partial charge < -0.3 is 4.74 Å². The Morgan fingerprint density at radius 2 is 1.91 bits per heavy atom. The van der Waals surface area contributed by atoms with Gasteiger partial charge in [0.1, 0.15) is 0 Å². The first-order valence-electron chi connectivity index (χ1n) is 4.04. The van der Waals surface area contributed by atoms with Crippen LogP contribution in [0.25, 0.3) is 0 Å². The van der Waals surface area contributed by atoms with E-state index in [1.165, 1.54) is 11.1 Å². The van der Waals surface area contributed by atoms with Crippen LogP contribution in [0.4, 0.5) is 0 Å². The van der Waals surface area contributed by atoms with E-state index in [9.17, 15) is 0 Å². The summed E-state index contributed by atoms with van der Waals surface area (Å²) < 4.78 is 5.22. The molecule has 0 N–H and O–H groups in total. The minimum absolute atomic E-state index is 0.966. The standard InChI is InChI=1S/C10H18O/c1-6-8(3)9(4)10(7-2)11-5/h6H,7H2,1-5H3/b8-6-,10-9-. The molecule has 0 heterocycles. The van der Waals surface area contributed by atoms with E-state index in [4.69, 9.17) is 4.74 Å². The molecule has 0 rings (SSSR count). The summed E-state index contributed by atoms with van der Waals surface area (Å²) in [5.41, 5.74) is 2.56. The molecule has 0 aromatic rings. The van der Waals surface area contributed by atoms with Crippen LogP contribution >= 0.6 is 0 Å². The number of hydrogen-bond acceptors (Lipinski definition) is 1. The summed E-state index contributed by atoms with van der Waals surface area (Å²) in [5, 5.41) is 0. The van der Waals surface area contributed by atoms with E-state index in [1.807, 2.05) is 6.92 Å². The van der Waals surface area contributed by atoms with Gasteiger partial charge in [-0.1, -0.05) is 13.0 Å². The van der Waals surface area contributed by atoms with Crippen molar-refractivity contribution in [3.63, 3.8) is 0 Å². The van der Waals surface area contributed by atoms with Gasteiger partial charge in [-0.05, 0) is 31.9 Å². The van der Waals surface area contributed by atoms with E-state index in [0.29, 0.717) is 0 Å². The highest BCUT2D eigenvalue weighted by atomic mass is 16.5. The van der Waals surface area contributed by atoms with Crippen molar-refractivity contribution >= 4 is 0 Å². The van der Waals surface area contributed by atoms with Crippen LogP contribution in [-0.4, -0.2) is 7.11 Å². The maximum absolute atomic E-state index is 5.22. The topological polar surface area (TPSA) is 9.23 Å². The molecule has 0 bridgehead atoms. The molecule has 0 aliphatic carbocycles. The zero-order valence-electron chi connectivity index (χ0n) is 8.19. The lowest BCUT2D eigenvalue weighted by atomic mass is 10.1. The normalized spacial score (nSPS) is 14.5. The Balaban J connectivity index is 4.61. The molecular formula is C10H18O. The molecule has 0 unspecified atom stereocenters. The monoisotopic (exact) mass is 154 g/mol. The molecule has 0 atom stereocenters. The summed E-state index contributed by atoms with van der Waals surface area (Å²) in [6.45, 7) is 8.34. The van der Waals surface area contributed by atoms with E-state index < -0.39 is 0 Å². The smallest absolute Gasteiger partial charge is 0.0984 e. The maximum atomic E-state index is 5.22. The molecule has 0 aliphatic rings. The Morgan fingerprint density at radius 1 is 1.36 bits per heavy atom. The summed E-state index contributed by atoms with van der Waals surface area (Å²) in [4.78, 5) is 0. The Bertz CT molecular complexity index is 169.